The zero-order chi connectivity index (χ0) is 10.7. The van der Waals surface area contributed by atoms with Crippen molar-refractivity contribution in [2.24, 2.45) is 0 Å². The molecule has 0 atom stereocenters. The Morgan fingerprint density at radius 2 is 2.00 bits per heavy atom. The number of halogens is 1. The van der Waals surface area contributed by atoms with Crippen LogP contribution >= 0.6 is 11.3 Å². The molecule has 0 saturated heterocycles. The molecular weight excluding hydrogens is 209 g/mol. The third kappa shape index (κ3) is 2.42. The summed E-state index contributed by atoms with van der Waals surface area (Å²) < 4.78 is 12.7. The molecule has 1 aromatic heterocycles. The van der Waals surface area contributed by atoms with E-state index in [1.54, 1.807) is 23.5 Å². The van der Waals surface area contributed by atoms with Crippen molar-refractivity contribution in [1.29, 1.82) is 0 Å². The molecule has 0 amide bonds. The molecule has 0 spiro atoms. The number of aryl methyl sites for hydroxylation is 1. The van der Waals surface area contributed by atoms with Gasteiger partial charge in [-0.1, -0.05) is 19.1 Å². The number of aromatic nitrogens is 1. The molecule has 1 aromatic carbocycles. The quantitative estimate of drug-likeness (QED) is 0.766. The monoisotopic (exact) mass is 221 g/mol. The molecule has 0 unspecified atom stereocenters. The van der Waals surface area contributed by atoms with Gasteiger partial charge in [-0.2, -0.15) is 0 Å². The predicted molar refractivity (Wildman–Crippen MR) is 61.5 cm³/mol. The minimum absolute atomic E-state index is 0.197. The summed E-state index contributed by atoms with van der Waals surface area (Å²) in [6, 6.07) is 6.54. The van der Waals surface area contributed by atoms with Gasteiger partial charge < -0.3 is 0 Å². The van der Waals surface area contributed by atoms with Gasteiger partial charge in [0.25, 0.3) is 0 Å². The molecule has 2 rings (SSSR count). The van der Waals surface area contributed by atoms with Gasteiger partial charge in [-0.25, -0.2) is 9.37 Å². The minimum atomic E-state index is -0.197. The fourth-order valence-electron chi connectivity index (χ4n) is 1.39. The van der Waals surface area contributed by atoms with E-state index in [0.717, 1.165) is 28.3 Å². The van der Waals surface area contributed by atoms with Crippen molar-refractivity contribution in [3.63, 3.8) is 0 Å². The van der Waals surface area contributed by atoms with Crippen LogP contribution in [0.3, 0.4) is 0 Å². The van der Waals surface area contributed by atoms with Crippen molar-refractivity contribution in [3.05, 3.63) is 41.3 Å². The van der Waals surface area contributed by atoms with E-state index in [9.17, 15) is 4.39 Å². The van der Waals surface area contributed by atoms with Gasteiger partial charge in [-0.05, 0) is 30.5 Å². The Hall–Kier alpha value is -1.22. The third-order valence-electron chi connectivity index (χ3n) is 2.15. The second-order valence-electron chi connectivity index (χ2n) is 3.38. The molecule has 0 aliphatic heterocycles. The zero-order valence-electron chi connectivity index (χ0n) is 8.53. The van der Waals surface area contributed by atoms with Crippen LogP contribution in [0.2, 0.25) is 0 Å². The van der Waals surface area contributed by atoms with Gasteiger partial charge in [0.15, 0.2) is 0 Å². The normalized spacial score (nSPS) is 10.5. The van der Waals surface area contributed by atoms with E-state index in [2.05, 4.69) is 11.9 Å². The highest BCUT2D eigenvalue weighted by Crippen LogP contribution is 2.26. The van der Waals surface area contributed by atoms with E-state index in [1.165, 1.54) is 12.1 Å². The molecule has 0 aliphatic rings. The fourth-order valence-corrected chi connectivity index (χ4v) is 2.41. The summed E-state index contributed by atoms with van der Waals surface area (Å²) in [4.78, 5) is 5.44. The summed E-state index contributed by atoms with van der Waals surface area (Å²) in [6.45, 7) is 2.14. The maximum absolute atomic E-state index is 12.7. The first-order valence-corrected chi connectivity index (χ1v) is 5.82. The van der Waals surface area contributed by atoms with Gasteiger partial charge in [0.05, 0.1) is 9.88 Å². The van der Waals surface area contributed by atoms with Crippen molar-refractivity contribution in [2.75, 3.05) is 0 Å². The van der Waals surface area contributed by atoms with Crippen LogP contribution in [0.4, 0.5) is 4.39 Å². The highest BCUT2D eigenvalue weighted by Gasteiger charge is 2.03. The van der Waals surface area contributed by atoms with Crippen LogP contribution in [0.1, 0.15) is 18.4 Å². The zero-order valence-corrected chi connectivity index (χ0v) is 9.35. The molecule has 0 fully saturated rings. The lowest BCUT2D eigenvalue weighted by atomic mass is 10.2. The smallest absolute Gasteiger partial charge is 0.123 e. The van der Waals surface area contributed by atoms with Crippen molar-refractivity contribution in [1.82, 2.24) is 4.98 Å². The number of rotatable bonds is 3. The molecule has 1 nitrogen and oxygen atoms in total. The molecule has 0 aliphatic carbocycles. The van der Waals surface area contributed by atoms with E-state index in [4.69, 9.17) is 0 Å². The van der Waals surface area contributed by atoms with Crippen LogP contribution in [-0.2, 0) is 6.42 Å². The lowest BCUT2D eigenvalue weighted by molar-refractivity contribution is 0.628. The lowest BCUT2D eigenvalue weighted by Gasteiger charge is -1.95. The molecule has 15 heavy (non-hydrogen) atoms. The first kappa shape index (κ1) is 10.3. The van der Waals surface area contributed by atoms with E-state index in [-0.39, 0.29) is 5.82 Å². The van der Waals surface area contributed by atoms with Crippen LogP contribution < -0.4 is 0 Å². The van der Waals surface area contributed by atoms with E-state index in [1.807, 2.05) is 6.20 Å². The Kier molecular flexibility index (Phi) is 3.11. The summed E-state index contributed by atoms with van der Waals surface area (Å²) >= 11 is 1.68. The SMILES string of the molecule is CCCc1ncc(-c2ccc(F)cc2)s1. The van der Waals surface area contributed by atoms with Gasteiger partial charge in [-0.3, -0.25) is 0 Å². The van der Waals surface area contributed by atoms with Gasteiger partial charge >= 0.3 is 0 Å². The largest absolute Gasteiger partial charge is 0.249 e. The Balaban J connectivity index is 2.25. The molecule has 0 radical (unpaired) electrons. The van der Waals surface area contributed by atoms with Gasteiger partial charge in [-0.15, -0.1) is 11.3 Å². The third-order valence-corrected chi connectivity index (χ3v) is 3.25. The van der Waals surface area contributed by atoms with Crippen LogP contribution in [0.25, 0.3) is 10.4 Å². The molecule has 78 valence electrons. The lowest BCUT2D eigenvalue weighted by Crippen LogP contribution is -1.76. The van der Waals surface area contributed by atoms with Gasteiger partial charge in [0.1, 0.15) is 5.82 Å². The Morgan fingerprint density at radius 1 is 1.27 bits per heavy atom. The Morgan fingerprint density at radius 3 is 2.67 bits per heavy atom. The maximum atomic E-state index is 12.7. The number of hydrogen-bond donors (Lipinski definition) is 0. The summed E-state index contributed by atoms with van der Waals surface area (Å²) in [5.41, 5.74) is 1.04. The fraction of sp³-hybridized carbons (Fsp3) is 0.250. The first-order chi connectivity index (χ1) is 7.29. The van der Waals surface area contributed by atoms with Crippen LogP contribution in [0.15, 0.2) is 30.5 Å². The number of nitrogens with zero attached hydrogens (tertiary/aromatic N) is 1. The van der Waals surface area contributed by atoms with Crippen molar-refractivity contribution in [2.45, 2.75) is 19.8 Å². The van der Waals surface area contributed by atoms with Crippen LogP contribution in [0.5, 0.6) is 0 Å². The average Bonchev–Trinajstić information content (AvgIpc) is 2.68. The van der Waals surface area contributed by atoms with E-state index in [0.29, 0.717) is 0 Å². The standard InChI is InChI=1S/C12H12FNS/c1-2-3-12-14-8-11(15-12)9-4-6-10(13)7-5-9/h4-8H,2-3H2,1H3. The van der Waals surface area contributed by atoms with E-state index < -0.39 is 0 Å². The minimum Gasteiger partial charge on any atom is -0.249 e. The average molecular weight is 221 g/mol. The molecule has 0 saturated carbocycles. The summed E-state index contributed by atoms with van der Waals surface area (Å²) in [7, 11) is 0. The molecular formula is C12H12FNS. The van der Waals surface area contributed by atoms with Crippen LogP contribution in [0, 0.1) is 5.82 Å². The predicted octanol–water partition coefficient (Wildman–Crippen LogP) is 3.90. The number of hydrogen-bond acceptors (Lipinski definition) is 2. The Bertz CT molecular complexity index is 433. The molecule has 2 aromatic rings. The van der Waals surface area contributed by atoms with Gasteiger partial charge in [0, 0.05) is 6.20 Å². The summed E-state index contributed by atoms with van der Waals surface area (Å²) in [5, 5.41) is 1.15. The van der Waals surface area contributed by atoms with Crippen molar-refractivity contribution >= 4 is 11.3 Å². The summed E-state index contributed by atoms with van der Waals surface area (Å²) in [5.74, 6) is -0.197. The van der Waals surface area contributed by atoms with E-state index >= 15 is 0 Å². The van der Waals surface area contributed by atoms with Crippen molar-refractivity contribution < 1.29 is 4.39 Å². The van der Waals surface area contributed by atoms with Crippen molar-refractivity contribution in [3.8, 4) is 10.4 Å². The number of benzene rings is 1. The first-order valence-electron chi connectivity index (χ1n) is 5.00. The highest BCUT2D eigenvalue weighted by atomic mass is 32.1. The number of thiazole rings is 1. The molecule has 0 bridgehead atoms. The maximum Gasteiger partial charge on any atom is 0.123 e. The highest BCUT2D eigenvalue weighted by molar-refractivity contribution is 7.15. The van der Waals surface area contributed by atoms with Gasteiger partial charge in [0.2, 0.25) is 0 Å². The summed E-state index contributed by atoms with van der Waals surface area (Å²) in [6.07, 6.45) is 3.99. The molecule has 3 heteroatoms. The second-order valence-corrected chi connectivity index (χ2v) is 4.49. The van der Waals surface area contributed by atoms with Crippen LogP contribution in [-0.4, -0.2) is 4.98 Å². The Labute approximate surface area is 92.6 Å². The molecule has 0 N–H and O–H groups in total. The topological polar surface area (TPSA) is 12.9 Å². The second kappa shape index (κ2) is 4.53. The molecule has 1 heterocycles.